The quantitative estimate of drug-likeness (QED) is 0.394. The Morgan fingerprint density at radius 2 is 2.14 bits per heavy atom. The van der Waals surface area contributed by atoms with Crippen molar-refractivity contribution in [3.8, 4) is 17.6 Å². The highest BCUT2D eigenvalue weighted by Crippen LogP contribution is 2.35. The van der Waals surface area contributed by atoms with Crippen LogP contribution in [0.4, 0.5) is 5.69 Å². The van der Waals surface area contributed by atoms with E-state index in [4.69, 9.17) is 16.3 Å². The number of carbonyl (C=O) groups is 1. The molecular formula is C14H14ClNO6. The monoisotopic (exact) mass is 327 g/mol. The van der Waals surface area contributed by atoms with Crippen molar-refractivity contribution in [2.45, 2.75) is 19.4 Å². The van der Waals surface area contributed by atoms with Gasteiger partial charge in [0.1, 0.15) is 18.0 Å². The second-order valence-corrected chi connectivity index (χ2v) is 5.08. The van der Waals surface area contributed by atoms with Crippen LogP contribution in [0, 0.1) is 22.0 Å². The van der Waals surface area contributed by atoms with Crippen molar-refractivity contribution in [1.29, 1.82) is 0 Å². The fourth-order valence-electron chi connectivity index (χ4n) is 1.42. The Balaban J connectivity index is 3.11. The lowest BCUT2D eigenvalue weighted by atomic mass is 10.1. The SMILES string of the molecule is COC(=O)c1cc(OCC#CC(C)(C)O)c(Cl)c([N+](=O)[O-])c1. The van der Waals surface area contributed by atoms with Crippen molar-refractivity contribution in [1.82, 2.24) is 0 Å². The summed E-state index contributed by atoms with van der Waals surface area (Å²) in [6.07, 6.45) is 0. The molecule has 22 heavy (non-hydrogen) atoms. The van der Waals surface area contributed by atoms with Gasteiger partial charge in [0.2, 0.25) is 0 Å². The van der Waals surface area contributed by atoms with E-state index in [1.54, 1.807) is 0 Å². The second-order valence-electron chi connectivity index (χ2n) is 4.71. The van der Waals surface area contributed by atoms with Crippen molar-refractivity contribution in [2.24, 2.45) is 0 Å². The predicted octanol–water partition coefficient (Wildman–Crippen LogP) is 2.19. The van der Waals surface area contributed by atoms with Gasteiger partial charge in [-0.3, -0.25) is 10.1 Å². The number of halogens is 1. The zero-order valence-corrected chi connectivity index (χ0v) is 12.9. The van der Waals surface area contributed by atoms with Gasteiger partial charge in [0, 0.05) is 6.07 Å². The Labute approximate surface area is 131 Å². The van der Waals surface area contributed by atoms with Gasteiger partial charge in [-0.05, 0) is 19.9 Å². The summed E-state index contributed by atoms with van der Waals surface area (Å²) in [6.45, 7) is 2.83. The van der Waals surface area contributed by atoms with Crippen molar-refractivity contribution in [2.75, 3.05) is 13.7 Å². The summed E-state index contributed by atoms with van der Waals surface area (Å²) in [4.78, 5) is 21.7. The zero-order valence-electron chi connectivity index (χ0n) is 12.2. The van der Waals surface area contributed by atoms with Gasteiger partial charge >= 0.3 is 5.97 Å². The highest BCUT2D eigenvalue weighted by Gasteiger charge is 2.22. The minimum Gasteiger partial charge on any atom is -0.479 e. The highest BCUT2D eigenvalue weighted by molar-refractivity contribution is 6.34. The van der Waals surface area contributed by atoms with Crippen LogP contribution < -0.4 is 4.74 Å². The Morgan fingerprint density at radius 3 is 2.64 bits per heavy atom. The Morgan fingerprint density at radius 1 is 1.50 bits per heavy atom. The first kappa shape index (κ1) is 17.8. The molecule has 0 aromatic heterocycles. The van der Waals surface area contributed by atoms with Crippen molar-refractivity contribution >= 4 is 23.3 Å². The molecule has 0 bridgehead atoms. The summed E-state index contributed by atoms with van der Waals surface area (Å²) < 4.78 is 9.74. The van der Waals surface area contributed by atoms with E-state index in [1.165, 1.54) is 19.9 Å². The van der Waals surface area contributed by atoms with Gasteiger partial charge < -0.3 is 14.6 Å². The summed E-state index contributed by atoms with van der Waals surface area (Å²) in [7, 11) is 1.15. The van der Waals surface area contributed by atoms with Crippen LogP contribution in [-0.2, 0) is 4.74 Å². The average molecular weight is 328 g/mol. The van der Waals surface area contributed by atoms with Crippen LogP contribution >= 0.6 is 11.6 Å². The Bertz CT molecular complexity index is 654. The van der Waals surface area contributed by atoms with E-state index in [9.17, 15) is 20.0 Å². The van der Waals surface area contributed by atoms with Crippen LogP contribution in [0.15, 0.2) is 12.1 Å². The molecule has 0 aliphatic carbocycles. The fraction of sp³-hybridized carbons (Fsp3) is 0.357. The summed E-state index contributed by atoms with van der Waals surface area (Å²) in [5, 5.41) is 20.1. The molecule has 0 heterocycles. The van der Waals surface area contributed by atoms with E-state index in [-0.39, 0.29) is 22.9 Å². The largest absolute Gasteiger partial charge is 0.479 e. The summed E-state index contributed by atoms with van der Waals surface area (Å²) in [5.41, 5.74) is -1.73. The van der Waals surface area contributed by atoms with Crippen LogP contribution in [0.3, 0.4) is 0 Å². The van der Waals surface area contributed by atoms with E-state index >= 15 is 0 Å². The number of hydrogen-bond acceptors (Lipinski definition) is 6. The van der Waals surface area contributed by atoms with Crippen LogP contribution in [0.2, 0.25) is 5.02 Å². The van der Waals surface area contributed by atoms with E-state index in [0.29, 0.717) is 0 Å². The van der Waals surface area contributed by atoms with Gasteiger partial charge in [0.15, 0.2) is 5.02 Å². The number of rotatable bonds is 4. The zero-order chi connectivity index (χ0) is 16.9. The summed E-state index contributed by atoms with van der Waals surface area (Å²) in [5.74, 6) is 4.23. The minimum absolute atomic E-state index is 0.0657. The molecule has 0 unspecified atom stereocenters. The molecule has 1 N–H and O–H groups in total. The molecule has 0 saturated heterocycles. The van der Waals surface area contributed by atoms with Crippen LogP contribution in [0.1, 0.15) is 24.2 Å². The molecule has 1 aromatic rings. The van der Waals surface area contributed by atoms with Gasteiger partial charge in [-0.2, -0.15) is 0 Å². The summed E-state index contributed by atoms with van der Waals surface area (Å²) >= 11 is 5.88. The molecule has 1 rings (SSSR count). The lowest BCUT2D eigenvalue weighted by Gasteiger charge is -2.09. The van der Waals surface area contributed by atoms with Gasteiger partial charge in [-0.1, -0.05) is 23.4 Å². The van der Waals surface area contributed by atoms with Gasteiger partial charge in [-0.25, -0.2) is 4.79 Å². The molecule has 0 aliphatic heterocycles. The van der Waals surface area contributed by atoms with Crippen molar-refractivity contribution in [3.05, 3.63) is 32.8 Å². The van der Waals surface area contributed by atoms with E-state index in [2.05, 4.69) is 16.6 Å². The first-order valence-corrected chi connectivity index (χ1v) is 6.45. The molecule has 1 aromatic carbocycles. The number of methoxy groups -OCH3 is 1. The third kappa shape index (κ3) is 4.91. The van der Waals surface area contributed by atoms with E-state index in [0.717, 1.165) is 13.2 Å². The van der Waals surface area contributed by atoms with Gasteiger partial charge in [-0.15, -0.1) is 0 Å². The van der Waals surface area contributed by atoms with E-state index < -0.39 is 22.2 Å². The molecular weight excluding hydrogens is 314 g/mol. The maximum atomic E-state index is 11.5. The second kappa shape index (κ2) is 7.11. The van der Waals surface area contributed by atoms with Crippen LogP contribution in [0.5, 0.6) is 5.75 Å². The first-order valence-electron chi connectivity index (χ1n) is 6.07. The first-order chi connectivity index (χ1) is 10.2. The number of nitrogens with zero attached hydrogens (tertiary/aromatic N) is 1. The van der Waals surface area contributed by atoms with Gasteiger partial charge in [0.05, 0.1) is 17.6 Å². The molecule has 0 atom stereocenters. The molecule has 0 spiro atoms. The lowest BCUT2D eigenvalue weighted by Crippen LogP contribution is -2.15. The third-order valence-electron chi connectivity index (χ3n) is 2.33. The molecule has 0 radical (unpaired) electrons. The molecule has 0 amide bonds. The Kier molecular flexibility index (Phi) is 5.74. The average Bonchev–Trinajstić information content (AvgIpc) is 2.42. The number of nitro groups is 1. The number of hydrogen-bond donors (Lipinski definition) is 1. The van der Waals surface area contributed by atoms with Crippen LogP contribution in [0.25, 0.3) is 0 Å². The maximum Gasteiger partial charge on any atom is 0.338 e. The van der Waals surface area contributed by atoms with E-state index in [1.807, 2.05) is 0 Å². The normalized spacial score (nSPS) is 10.4. The number of carbonyl (C=O) groups excluding carboxylic acids is 1. The lowest BCUT2D eigenvalue weighted by molar-refractivity contribution is -0.384. The molecule has 118 valence electrons. The number of esters is 1. The molecule has 0 fully saturated rings. The smallest absolute Gasteiger partial charge is 0.338 e. The predicted molar refractivity (Wildman–Crippen MR) is 79.0 cm³/mol. The molecule has 0 saturated carbocycles. The van der Waals surface area contributed by atoms with Crippen molar-refractivity contribution in [3.63, 3.8) is 0 Å². The topological polar surface area (TPSA) is 98.9 Å². The highest BCUT2D eigenvalue weighted by atomic mass is 35.5. The number of nitro benzene ring substituents is 1. The summed E-state index contributed by atoms with van der Waals surface area (Å²) in [6, 6.07) is 2.23. The number of benzene rings is 1. The molecule has 0 aliphatic rings. The van der Waals surface area contributed by atoms with Gasteiger partial charge in [0.25, 0.3) is 5.69 Å². The third-order valence-corrected chi connectivity index (χ3v) is 2.71. The van der Waals surface area contributed by atoms with Crippen molar-refractivity contribution < 1.29 is 24.3 Å². The standard InChI is InChI=1S/C14H14ClNO6/c1-14(2,18)5-4-6-22-11-8-9(13(17)21-3)7-10(12(11)15)16(19)20/h7-8,18H,6H2,1-3H3. The maximum absolute atomic E-state index is 11.5. The number of ether oxygens (including phenoxy) is 2. The Hall–Kier alpha value is -2.30. The molecule has 8 heteroatoms. The molecule has 7 nitrogen and oxygen atoms in total. The number of aliphatic hydroxyl groups is 1. The minimum atomic E-state index is -1.19. The van der Waals surface area contributed by atoms with Crippen LogP contribution in [-0.4, -0.2) is 35.3 Å². The fourth-order valence-corrected chi connectivity index (χ4v) is 1.66.